The number of hydrogen-bond donors (Lipinski definition) is 1. The van der Waals surface area contributed by atoms with Gasteiger partial charge in [-0.1, -0.05) is 6.58 Å². The fourth-order valence-electron chi connectivity index (χ4n) is 2.27. The van der Waals surface area contributed by atoms with Crippen molar-refractivity contribution in [2.24, 2.45) is 0 Å². The molecule has 1 atom stereocenters. The maximum Gasteiger partial charge on any atom is 0.243 e. The van der Waals surface area contributed by atoms with Gasteiger partial charge in [-0.3, -0.25) is 9.48 Å². The minimum Gasteiger partial charge on any atom is -0.346 e. The lowest BCUT2D eigenvalue weighted by atomic mass is 9.93. The third-order valence-electron chi connectivity index (χ3n) is 3.06. The van der Waals surface area contributed by atoms with Crippen LogP contribution >= 0.6 is 0 Å². The van der Waals surface area contributed by atoms with Gasteiger partial charge in [-0.15, -0.1) is 0 Å². The number of nitrogens with one attached hydrogen (secondary N) is 1. The van der Waals surface area contributed by atoms with Crippen LogP contribution in [0.5, 0.6) is 0 Å². The van der Waals surface area contributed by atoms with E-state index in [1.54, 1.807) is 0 Å². The molecule has 1 unspecified atom stereocenters. The Bertz CT molecular complexity index is 408. The van der Waals surface area contributed by atoms with E-state index in [0.717, 1.165) is 25.8 Å². The zero-order chi connectivity index (χ0) is 11.5. The Hall–Kier alpha value is -1.58. The molecule has 0 aliphatic heterocycles. The second-order valence-electron chi connectivity index (χ2n) is 4.02. The first kappa shape index (κ1) is 10.9. The average molecular weight is 219 g/mol. The van der Waals surface area contributed by atoms with E-state index in [9.17, 15) is 4.79 Å². The Morgan fingerprint density at radius 2 is 2.62 bits per heavy atom. The molecule has 1 aliphatic carbocycles. The van der Waals surface area contributed by atoms with Crippen LogP contribution in [0.3, 0.4) is 0 Å². The summed E-state index contributed by atoms with van der Waals surface area (Å²) in [4.78, 5) is 11.3. The topological polar surface area (TPSA) is 46.9 Å². The van der Waals surface area contributed by atoms with Crippen LogP contribution in [-0.4, -0.2) is 15.7 Å². The second kappa shape index (κ2) is 4.51. The highest BCUT2D eigenvalue weighted by atomic mass is 16.1. The SMILES string of the molecule is C=CC(=O)NC1CCCc2c1cnn2CC. The Morgan fingerprint density at radius 1 is 1.81 bits per heavy atom. The van der Waals surface area contributed by atoms with Crippen molar-refractivity contribution in [1.82, 2.24) is 15.1 Å². The van der Waals surface area contributed by atoms with Crippen LogP contribution in [0.4, 0.5) is 0 Å². The Labute approximate surface area is 95.3 Å². The summed E-state index contributed by atoms with van der Waals surface area (Å²) in [6, 6.07) is 0.106. The molecule has 4 heteroatoms. The molecule has 1 N–H and O–H groups in total. The Balaban J connectivity index is 2.23. The van der Waals surface area contributed by atoms with Crippen LogP contribution in [0.25, 0.3) is 0 Å². The quantitative estimate of drug-likeness (QED) is 0.785. The zero-order valence-electron chi connectivity index (χ0n) is 9.57. The van der Waals surface area contributed by atoms with Crippen molar-refractivity contribution in [3.63, 3.8) is 0 Å². The molecule has 1 heterocycles. The number of nitrogens with zero attached hydrogens (tertiary/aromatic N) is 2. The van der Waals surface area contributed by atoms with E-state index in [4.69, 9.17) is 0 Å². The highest BCUT2D eigenvalue weighted by Gasteiger charge is 2.24. The second-order valence-corrected chi connectivity index (χ2v) is 4.02. The lowest BCUT2D eigenvalue weighted by molar-refractivity contribution is -0.117. The van der Waals surface area contributed by atoms with Crippen molar-refractivity contribution in [3.8, 4) is 0 Å². The van der Waals surface area contributed by atoms with Gasteiger partial charge in [0.1, 0.15) is 0 Å². The molecular weight excluding hydrogens is 202 g/mol. The highest BCUT2D eigenvalue weighted by molar-refractivity contribution is 5.87. The maximum absolute atomic E-state index is 11.3. The molecule has 0 saturated heterocycles. The summed E-state index contributed by atoms with van der Waals surface area (Å²) in [5.74, 6) is -0.109. The van der Waals surface area contributed by atoms with Crippen molar-refractivity contribution in [2.45, 2.75) is 38.8 Å². The molecule has 4 nitrogen and oxygen atoms in total. The van der Waals surface area contributed by atoms with Gasteiger partial charge in [-0.25, -0.2) is 0 Å². The molecule has 1 aliphatic rings. The number of rotatable bonds is 3. The molecule has 0 spiro atoms. The summed E-state index contributed by atoms with van der Waals surface area (Å²) in [6.07, 6.45) is 6.34. The van der Waals surface area contributed by atoms with E-state index in [1.807, 2.05) is 10.9 Å². The van der Waals surface area contributed by atoms with E-state index in [2.05, 4.69) is 23.9 Å². The Morgan fingerprint density at radius 3 is 3.31 bits per heavy atom. The molecule has 86 valence electrons. The molecule has 1 aromatic rings. The smallest absolute Gasteiger partial charge is 0.243 e. The number of amides is 1. The lowest BCUT2D eigenvalue weighted by Crippen LogP contribution is -2.29. The summed E-state index contributed by atoms with van der Waals surface area (Å²) in [5, 5.41) is 7.29. The highest BCUT2D eigenvalue weighted by Crippen LogP contribution is 2.29. The van der Waals surface area contributed by atoms with Gasteiger partial charge in [-0.05, 0) is 32.3 Å². The molecule has 0 bridgehead atoms. The third kappa shape index (κ3) is 1.87. The first-order valence-corrected chi connectivity index (χ1v) is 5.73. The first-order chi connectivity index (χ1) is 7.76. The van der Waals surface area contributed by atoms with E-state index in [-0.39, 0.29) is 11.9 Å². The number of carbonyl (C=O) groups is 1. The number of carbonyl (C=O) groups excluding carboxylic acids is 1. The maximum atomic E-state index is 11.3. The standard InChI is InChI=1S/C12H17N3O/c1-3-12(16)14-10-6-5-7-11-9(10)8-13-15(11)4-2/h3,8,10H,1,4-7H2,2H3,(H,14,16). The number of fused-ring (bicyclic) bond motifs is 1. The van der Waals surface area contributed by atoms with Gasteiger partial charge in [0.15, 0.2) is 0 Å². The van der Waals surface area contributed by atoms with Gasteiger partial charge in [0.05, 0.1) is 12.2 Å². The molecule has 1 aromatic heterocycles. The van der Waals surface area contributed by atoms with Crippen LogP contribution in [0.1, 0.15) is 37.1 Å². The van der Waals surface area contributed by atoms with Crippen molar-refractivity contribution >= 4 is 5.91 Å². The van der Waals surface area contributed by atoms with E-state index in [0.29, 0.717) is 0 Å². The van der Waals surface area contributed by atoms with Crippen LogP contribution in [0.15, 0.2) is 18.9 Å². The van der Waals surface area contributed by atoms with Crippen molar-refractivity contribution < 1.29 is 4.79 Å². The van der Waals surface area contributed by atoms with E-state index in [1.165, 1.54) is 17.3 Å². The molecule has 2 rings (SSSR count). The summed E-state index contributed by atoms with van der Waals surface area (Å²) in [7, 11) is 0. The zero-order valence-corrected chi connectivity index (χ0v) is 9.57. The van der Waals surface area contributed by atoms with Crippen LogP contribution in [0.2, 0.25) is 0 Å². The summed E-state index contributed by atoms with van der Waals surface area (Å²) in [6.45, 7) is 6.44. The van der Waals surface area contributed by atoms with Crippen molar-refractivity contribution in [2.75, 3.05) is 0 Å². The number of aromatic nitrogens is 2. The van der Waals surface area contributed by atoms with E-state index < -0.39 is 0 Å². The fraction of sp³-hybridized carbons (Fsp3) is 0.500. The molecule has 0 aromatic carbocycles. The molecule has 0 radical (unpaired) electrons. The van der Waals surface area contributed by atoms with Gasteiger partial charge >= 0.3 is 0 Å². The minimum atomic E-state index is -0.109. The minimum absolute atomic E-state index is 0.106. The average Bonchev–Trinajstić information content (AvgIpc) is 2.73. The largest absolute Gasteiger partial charge is 0.346 e. The van der Waals surface area contributed by atoms with Crippen molar-refractivity contribution in [1.29, 1.82) is 0 Å². The van der Waals surface area contributed by atoms with Gasteiger partial charge in [0, 0.05) is 17.8 Å². The summed E-state index contributed by atoms with van der Waals surface area (Å²) in [5.41, 5.74) is 2.44. The van der Waals surface area contributed by atoms with Gasteiger partial charge in [-0.2, -0.15) is 5.10 Å². The van der Waals surface area contributed by atoms with Crippen LogP contribution < -0.4 is 5.32 Å². The number of aryl methyl sites for hydroxylation is 1. The third-order valence-corrected chi connectivity index (χ3v) is 3.06. The van der Waals surface area contributed by atoms with E-state index >= 15 is 0 Å². The predicted octanol–water partition coefficient (Wildman–Crippen LogP) is 1.58. The first-order valence-electron chi connectivity index (χ1n) is 5.73. The van der Waals surface area contributed by atoms with Crippen molar-refractivity contribution in [3.05, 3.63) is 30.1 Å². The van der Waals surface area contributed by atoms with Gasteiger partial charge in [0.25, 0.3) is 0 Å². The number of hydrogen-bond acceptors (Lipinski definition) is 2. The van der Waals surface area contributed by atoms with Gasteiger partial charge < -0.3 is 5.32 Å². The Kier molecular flexibility index (Phi) is 3.08. The molecule has 0 fully saturated rings. The predicted molar refractivity (Wildman–Crippen MR) is 61.9 cm³/mol. The molecule has 16 heavy (non-hydrogen) atoms. The van der Waals surface area contributed by atoms with Crippen LogP contribution in [0, 0.1) is 0 Å². The monoisotopic (exact) mass is 219 g/mol. The molecule has 0 saturated carbocycles. The normalized spacial score (nSPS) is 18.9. The summed E-state index contributed by atoms with van der Waals surface area (Å²) < 4.78 is 2.02. The molecular formula is C12H17N3O. The lowest BCUT2D eigenvalue weighted by Gasteiger charge is -2.23. The van der Waals surface area contributed by atoms with Gasteiger partial charge in [0.2, 0.25) is 5.91 Å². The summed E-state index contributed by atoms with van der Waals surface area (Å²) >= 11 is 0. The molecule has 1 amide bonds. The van der Waals surface area contributed by atoms with Crippen LogP contribution in [-0.2, 0) is 17.8 Å². The fourth-order valence-corrected chi connectivity index (χ4v) is 2.27.